The molecule has 4 amide bonds. The number of hydrogen-bond donors (Lipinski definition) is 7. The van der Waals surface area contributed by atoms with Gasteiger partial charge in [0.25, 0.3) is 11.8 Å². The van der Waals surface area contributed by atoms with Crippen molar-refractivity contribution in [2.45, 2.75) is 57.7 Å². The zero-order chi connectivity index (χ0) is 50.6. The number of anilines is 1. The minimum Gasteiger partial charge on any atom is -0.489 e. The molecular formula is C52H60N9O9+. The van der Waals surface area contributed by atoms with E-state index in [-0.39, 0.29) is 48.7 Å². The first-order valence-electron chi connectivity index (χ1n) is 22.8. The Morgan fingerprint density at radius 2 is 1.56 bits per heavy atom. The number of aliphatic hydroxyl groups is 1. The fourth-order valence-corrected chi connectivity index (χ4v) is 7.58. The third-order valence-electron chi connectivity index (χ3n) is 11.4. The monoisotopic (exact) mass is 954 g/mol. The van der Waals surface area contributed by atoms with Gasteiger partial charge in [-0.25, -0.2) is 9.37 Å². The maximum Gasteiger partial charge on any atom is 0.336 e. The molecule has 70 heavy (non-hydrogen) atoms. The normalized spacial score (nSPS) is 12.2. The van der Waals surface area contributed by atoms with Crippen molar-refractivity contribution in [1.29, 1.82) is 0 Å². The lowest BCUT2D eigenvalue weighted by molar-refractivity contribution is -0.120. The third-order valence-corrected chi connectivity index (χ3v) is 11.4. The number of ether oxygens (including phenoxy) is 1. The summed E-state index contributed by atoms with van der Waals surface area (Å²) in [5.41, 5.74) is 16.0. The van der Waals surface area contributed by atoms with E-state index in [1.165, 1.54) is 18.2 Å². The molecule has 1 heterocycles. The predicted molar refractivity (Wildman–Crippen MR) is 268 cm³/mol. The number of rotatable bonds is 22. The van der Waals surface area contributed by atoms with E-state index in [4.69, 9.17) is 20.6 Å². The van der Waals surface area contributed by atoms with E-state index >= 15 is 0 Å². The van der Waals surface area contributed by atoms with Crippen molar-refractivity contribution < 1.29 is 43.3 Å². The number of carboxylic acid groups (broad SMARTS) is 1. The van der Waals surface area contributed by atoms with E-state index in [9.17, 15) is 34.2 Å². The average molecular weight is 955 g/mol. The number of hydrogen-bond acceptors (Lipinski definition) is 12. The summed E-state index contributed by atoms with van der Waals surface area (Å²) in [5, 5.41) is 39.7. The number of unbranched alkanes of at least 4 members (excludes halogenated alkanes) is 1. The third kappa shape index (κ3) is 13.4. The summed E-state index contributed by atoms with van der Waals surface area (Å²) in [6, 6.07) is 26.4. The van der Waals surface area contributed by atoms with Crippen LogP contribution in [0.5, 0.6) is 5.75 Å². The van der Waals surface area contributed by atoms with Crippen molar-refractivity contribution in [3.05, 3.63) is 125 Å². The quantitative estimate of drug-likeness (QED) is 0.0197. The van der Waals surface area contributed by atoms with Gasteiger partial charge in [0.2, 0.25) is 17.2 Å². The number of benzene rings is 5. The zero-order valence-corrected chi connectivity index (χ0v) is 40.1. The van der Waals surface area contributed by atoms with Crippen LogP contribution in [-0.4, -0.2) is 106 Å². The Kier molecular flexibility index (Phi) is 17.2. The number of primary amides is 2. The minimum atomic E-state index is -1.20. The molecule has 1 aliphatic carbocycles. The Morgan fingerprint density at radius 3 is 2.23 bits per heavy atom. The Balaban J connectivity index is 1.06. The van der Waals surface area contributed by atoms with Crippen LogP contribution in [0, 0.1) is 0 Å². The summed E-state index contributed by atoms with van der Waals surface area (Å²) in [5.74, 6) is -2.57. The lowest BCUT2D eigenvalue weighted by Crippen LogP contribution is -2.44. The maximum atomic E-state index is 13.4. The molecule has 0 bridgehead atoms. The Morgan fingerprint density at radius 1 is 0.829 bits per heavy atom. The molecule has 0 radical (unpaired) electrons. The largest absolute Gasteiger partial charge is 0.489 e. The molecule has 4 aromatic carbocycles. The van der Waals surface area contributed by atoms with E-state index in [1.807, 2.05) is 87.9 Å². The van der Waals surface area contributed by atoms with Gasteiger partial charge in [0.05, 0.1) is 23.7 Å². The molecule has 0 fully saturated rings. The Labute approximate surface area is 405 Å². The molecule has 4 aromatic rings. The second kappa shape index (κ2) is 23.4. The van der Waals surface area contributed by atoms with Crippen LogP contribution in [0.15, 0.2) is 112 Å². The van der Waals surface area contributed by atoms with Gasteiger partial charge >= 0.3 is 5.97 Å². The van der Waals surface area contributed by atoms with Gasteiger partial charge in [-0.1, -0.05) is 26.0 Å². The highest BCUT2D eigenvalue weighted by atomic mass is 16.5. The summed E-state index contributed by atoms with van der Waals surface area (Å²) >= 11 is 0. The number of aliphatic hydroxyl groups excluding tert-OH is 1. The van der Waals surface area contributed by atoms with Crippen molar-refractivity contribution >= 4 is 57.6 Å². The molecule has 0 saturated heterocycles. The summed E-state index contributed by atoms with van der Waals surface area (Å²) in [7, 11) is 7.69. The van der Waals surface area contributed by atoms with Crippen molar-refractivity contribution in [1.82, 2.24) is 20.5 Å². The highest BCUT2D eigenvalue weighted by Crippen LogP contribution is 2.42. The molecular weight excluding hydrogens is 895 g/mol. The number of fused-ring (bicyclic) bond motifs is 2. The summed E-state index contributed by atoms with van der Waals surface area (Å²) in [6.07, 6.45) is 0.229. The molecule has 2 atom stereocenters. The number of amides is 4. The molecule has 18 heteroatoms. The molecule has 9 N–H and O–H groups in total. The van der Waals surface area contributed by atoms with Gasteiger partial charge in [-0.05, 0) is 97.1 Å². The first-order chi connectivity index (χ1) is 33.4. The number of nitrogens with two attached hydrogens (primary N) is 2. The van der Waals surface area contributed by atoms with Gasteiger partial charge in [-0.3, -0.25) is 19.2 Å². The highest BCUT2D eigenvalue weighted by molar-refractivity contribution is 6.09. The first-order valence-corrected chi connectivity index (χ1v) is 22.8. The Hall–Kier alpha value is -7.96. The maximum absolute atomic E-state index is 13.4. The van der Waals surface area contributed by atoms with E-state index in [0.717, 1.165) is 11.0 Å². The fraction of sp³-hybridized carbons (Fsp3) is 0.308. The number of carbonyl (C=O) groups is 5. The van der Waals surface area contributed by atoms with Gasteiger partial charge in [-0.15, -0.1) is 5.11 Å². The number of carbonyl (C=O) groups excluding carboxylic acids is 4. The van der Waals surface area contributed by atoms with E-state index < -0.39 is 41.7 Å². The molecule has 0 spiro atoms. The van der Waals surface area contributed by atoms with Crippen LogP contribution in [0.1, 0.15) is 69.7 Å². The number of nitrogens with zero attached hydrogens (tertiary/aromatic N) is 4. The standard InChI is InChI=1S/C52H59N9O9/c1-30(2)56-28-37(62)29-69-44-21-10-31(24-47(53)63)23-43(44)59-58-34-14-11-32(12-15-34)51(66)57-42(49(54)64)9-7-8-22-55-50(65)33-13-18-38(41(25-33)52(67)68)48-39-19-16-35(60(3)4)26-45(39)70-46-27-36(61(5)6)17-20-40(46)48/h10-21,23,25-27,30,37,42,56,62H,7-9,22,24,28-29H2,1-6H3,(H6-,53,54,55,57,63,64,65,66,67,68)/p+1. The van der Waals surface area contributed by atoms with E-state index in [0.29, 0.717) is 75.5 Å². The lowest BCUT2D eigenvalue weighted by Gasteiger charge is -2.19. The Bertz CT molecular complexity index is 2960. The fourth-order valence-electron chi connectivity index (χ4n) is 7.58. The van der Waals surface area contributed by atoms with E-state index in [2.05, 4.69) is 26.2 Å². The average Bonchev–Trinajstić information content (AvgIpc) is 3.32. The van der Waals surface area contributed by atoms with Crippen LogP contribution in [0.25, 0.3) is 33.4 Å². The molecule has 2 aliphatic rings. The summed E-state index contributed by atoms with van der Waals surface area (Å²) in [6.45, 7) is 4.44. The SMILES string of the molecule is CC(C)NCC(O)COc1ccc(CC(N)=O)cc1N=Nc1ccc(C(=O)NC(CCCCNC(=O)c2ccc(-c3c4ccc(=[N+](C)C)cc-4oc4cc(N(C)C)ccc34)c(C(=O)O)c2)C(N)=O)cc1. The highest BCUT2D eigenvalue weighted by Gasteiger charge is 2.24. The van der Waals surface area contributed by atoms with Gasteiger partial charge < -0.3 is 51.7 Å². The van der Waals surface area contributed by atoms with Crippen LogP contribution < -0.4 is 47.0 Å². The molecule has 366 valence electrons. The van der Waals surface area contributed by atoms with Gasteiger partial charge in [0.1, 0.15) is 55.6 Å². The molecule has 0 aromatic heterocycles. The van der Waals surface area contributed by atoms with Crippen LogP contribution in [0.4, 0.5) is 17.1 Å². The second-order valence-corrected chi connectivity index (χ2v) is 17.6. The van der Waals surface area contributed by atoms with Crippen LogP contribution in [0.2, 0.25) is 0 Å². The van der Waals surface area contributed by atoms with Gasteiger partial charge in [0.15, 0.2) is 0 Å². The topological polar surface area (TPSA) is 267 Å². The second-order valence-electron chi connectivity index (χ2n) is 17.6. The lowest BCUT2D eigenvalue weighted by atomic mass is 9.89. The van der Waals surface area contributed by atoms with Crippen molar-refractivity contribution in [2.75, 3.05) is 52.8 Å². The molecule has 1 aliphatic heterocycles. The van der Waals surface area contributed by atoms with Crippen molar-refractivity contribution in [2.24, 2.45) is 21.7 Å². The van der Waals surface area contributed by atoms with Crippen LogP contribution in [0.3, 0.4) is 0 Å². The predicted octanol–water partition coefficient (Wildman–Crippen LogP) is 5.37. The number of aromatic carboxylic acids is 1. The van der Waals surface area contributed by atoms with Crippen LogP contribution >= 0.6 is 0 Å². The number of carboxylic acids is 1. The van der Waals surface area contributed by atoms with Gasteiger partial charge in [0, 0.05) is 78.7 Å². The summed E-state index contributed by atoms with van der Waals surface area (Å²) < 4.78 is 14.2. The van der Waals surface area contributed by atoms with Gasteiger partial charge in [-0.2, -0.15) is 5.11 Å². The minimum absolute atomic E-state index is 0.0162. The summed E-state index contributed by atoms with van der Waals surface area (Å²) in [4.78, 5) is 65.4. The first kappa shape index (κ1) is 51.4. The van der Waals surface area contributed by atoms with Crippen molar-refractivity contribution in [3.8, 4) is 28.2 Å². The molecule has 6 rings (SSSR count). The smallest absolute Gasteiger partial charge is 0.336 e. The van der Waals surface area contributed by atoms with Crippen molar-refractivity contribution in [3.63, 3.8) is 0 Å². The van der Waals surface area contributed by atoms with E-state index in [1.54, 1.807) is 42.5 Å². The molecule has 2 unspecified atom stereocenters. The molecule has 18 nitrogen and oxygen atoms in total. The zero-order valence-electron chi connectivity index (χ0n) is 40.1. The number of nitrogens with one attached hydrogen (secondary N) is 3. The number of azo groups is 1. The molecule has 0 saturated carbocycles. The van der Waals surface area contributed by atoms with Crippen LogP contribution in [-0.2, 0) is 16.0 Å².